The van der Waals surface area contributed by atoms with Crippen LogP contribution < -0.4 is 4.90 Å². The van der Waals surface area contributed by atoms with Gasteiger partial charge in [-0.25, -0.2) is 8.78 Å². The lowest BCUT2D eigenvalue weighted by Gasteiger charge is -2.35. The molecule has 0 unspecified atom stereocenters. The van der Waals surface area contributed by atoms with Gasteiger partial charge in [0.05, 0.1) is 0 Å². The van der Waals surface area contributed by atoms with Gasteiger partial charge in [0, 0.05) is 37.9 Å². The maximum Gasteiger partial charge on any atom is 0.126 e. The largest absolute Gasteiger partial charge is 0.369 e. The van der Waals surface area contributed by atoms with Crippen LogP contribution in [0.15, 0.2) is 42.5 Å². The Balaban J connectivity index is 1.85. The van der Waals surface area contributed by atoms with Gasteiger partial charge in [-0.3, -0.25) is 0 Å². The van der Waals surface area contributed by atoms with E-state index in [1.165, 1.54) is 17.8 Å². The standard InChI is InChI=1S/C18H20F2N2/c1-21-6-8-22(9-7-21)18-5-3-2-4-15(18)10-14-11-16(19)13-17(20)12-14/h2-5,11-13H,6-10H2,1H3. The molecule has 0 saturated carbocycles. The number of piperazine rings is 1. The third kappa shape index (κ3) is 3.45. The predicted molar refractivity (Wildman–Crippen MR) is 85.3 cm³/mol. The monoisotopic (exact) mass is 302 g/mol. The molecule has 116 valence electrons. The maximum atomic E-state index is 13.4. The fraction of sp³-hybridized carbons (Fsp3) is 0.333. The topological polar surface area (TPSA) is 6.48 Å². The lowest BCUT2D eigenvalue weighted by atomic mass is 10.0. The molecule has 0 N–H and O–H groups in total. The Hall–Kier alpha value is -1.94. The number of anilines is 1. The van der Waals surface area contributed by atoms with Gasteiger partial charge >= 0.3 is 0 Å². The van der Waals surface area contributed by atoms with Crippen LogP contribution in [0.1, 0.15) is 11.1 Å². The molecule has 0 bridgehead atoms. The summed E-state index contributed by atoms with van der Waals surface area (Å²) in [6.45, 7) is 4.02. The molecule has 0 aromatic heterocycles. The fourth-order valence-electron chi connectivity index (χ4n) is 2.95. The zero-order valence-electron chi connectivity index (χ0n) is 12.7. The molecule has 1 saturated heterocycles. The van der Waals surface area contributed by atoms with Gasteiger partial charge < -0.3 is 9.80 Å². The first-order chi connectivity index (χ1) is 10.6. The quantitative estimate of drug-likeness (QED) is 0.858. The third-order valence-electron chi connectivity index (χ3n) is 4.15. The number of benzene rings is 2. The van der Waals surface area contributed by atoms with Crippen LogP contribution in [0.25, 0.3) is 0 Å². The summed E-state index contributed by atoms with van der Waals surface area (Å²) in [6.07, 6.45) is 0.539. The second-order valence-corrected chi connectivity index (χ2v) is 5.87. The molecule has 0 radical (unpaired) electrons. The van der Waals surface area contributed by atoms with Crippen LogP contribution in [0.5, 0.6) is 0 Å². The van der Waals surface area contributed by atoms with Gasteiger partial charge in [0.1, 0.15) is 11.6 Å². The van der Waals surface area contributed by atoms with Crippen molar-refractivity contribution in [3.63, 3.8) is 0 Å². The van der Waals surface area contributed by atoms with E-state index in [9.17, 15) is 8.78 Å². The third-order valence-corrected chi connectivity index (χ3v) is 4.15. The minimum atomic E-state index is -0.521. The second-order valence-electron chi connectivity index (χ2n) is 5.87. The summed E-state index contributed by atoms with van der Waals surface area (Å²) >= 11 is 0. The maximum absolute atomic E-state index is 13.4. The van der Waals surface area contributed by atoms with E-state index in [-0.39, 0.29) is 0 Å². The van der Waals surface area contributed by atoms with Crippen LogP contribution in [-0.4, -0.2) is 38.1 Å². The molecule has 1 fully saturated rings. The lowest BCUT2D eigenvalue weighted by molar-refractivity contribution is 0.312. The van der Waals surface area contributed by atoms with Gasteiger partial charge in [0.25, 0.3) is 0 Å². The summed E-state index contributed by atoms with van der Waals surface area (Å²) in [4.78, 5) is 4.66. The van der Waals surface area contributed by atoms with Gasteiger partial charge in [-0.1, -0.05) is 18.2 Å². The van der Waals surface area contributed by atoms with E-state index in [4.69, 9.17) is 0 Å². The van der Waals surface area contributed by atoms with E-state index >= 15 is 0 Å². The first-order valence-corrected chi connectivity index (χ1v) is 7.58. The molecule has 2 aromatic rings. The van der Waals surface area contributed by atoms with Crippen molar-refractivity contribution in [2.45, 2.75) is 6.42 Å². The van der Waals surface area contributed by atoms with Gasteiger partial charge in [-0.15, -0.1) is 0 Å². The molecule has 0 amide bonds. The van der Waals surface area contributed by atoms with Crippen LogP contribution in [0, 0.1) is 11.6 Å². The number of nitrogens with zero attached hydrogens (tertiary/aromatic N) is 2. The van der Waals surface area contributed by atoms with E-state index < -0.39 is 11.6 Å². The van der Waals surface area contributed by atoms with Crippen molar-refractivity contribution >= 4 is 5.69 Å². The van der Waals surface area contributed by atoms with Crippen molar-refractivity contribution in [2.24, 2.45) is 0 Å². The Bertz CT molecular complexity index is 629. The highest BCUT2D eigenvalue weighted by Crippen LogP contribution is 2.24. The average molecular weight is 302 g/mol. The molecule has 4 heteroatoms. The SMILES string of the molecule is CN1CCN(c2ccccc2Cc2cc(F)cc(F)c2)CC1. The van der Waals surface area contributed by atoms with E-state index in [0.717, 1.165) is 37.8 Å². The summed E-state index contributed by atoms with van der Waals surface area (Å²) in [5.41, 5.74) is 2.94. The smallest absolute Gasteiger partial charge is 0.126 e. The summed E-state index contributed by atoms with van der Waals surface area (Å²) < 4.78 is 26.7. The number of rotatable bonds is 3. The Labute approximate surface area is 130 Å². The Kier molecular flexibility index (Phi) is 4.39. The van der Waals surface area contributed by atoms with Gasteiger partial charge in [0.2, 0.25) is 0 Å². The molecule has 0 atom stereocenters. The summed E-state index contributed by atoms with van der Waals surface area (Å²) in [7, 11) is 2.12. The minimum absolute atomic E-state index is 0.521. The van der Waals surface area contributed by atoms with Gasteiger partial charge in [0.15, 0.2) is 0 Å². The molecule has 2 aromatic carbocycles. The van der Waals surface area contributed by atoms with Gasteiger partial charge in [-0.2, -0.15) is 0 Å². The molecule has 0 aliphatic carbocycles. The lowest BCUT2D eigenvalue weighted by Crippen LogP contribution is -2.44. The van der Waals surface area contributed by atoms with E-state index in [2.05, 4.69) is 22.9 Å². The summed E-state index contributed by atoms with van der Waals surface area (Å²) in [5.74, 6) is -1.04. The number of para-hydroxylation sites is 1. The number of hydrogen-bond acceptors (Lipinski definition) is 2. The van der Waals surface area contributed by atoms with Crippen molar-refractivity contribution in [2.75, 3.05) is 38.1 Å². The molecular formula is C18H20F2N2. The fourth-order valence-corrected chi connectivity index (χ4v) is 2.95. The van der Waals surface area contributed by atoms with Crippen LogP contribution >= 0.6 is 0 Å². The Morgan fingerprint density at radius 1 is 0.909 bits per heavy atom. The molecule has 1 heterocycles. The van der Waals surface area contributed by atoms with Crippen LogP contribution in [0.2, 0.25) is 0 Å². The highest BCUT2D eigenvalue weighted by molar-refractivity contribution is 5.55. The molecule has 22 heavy (non-hydrogen) atoms. The second kappa shape index (κ2) is 6.44. The first kappa shape index (κ1) is 15.0. The molecule has 1 aliphatic heterocycles. The summed E-state index contributed by atoms with van der Waals surface area (Å²) in [6, 6.07) is 11.9. The van der Waals surface area contributed by atoms with Crippen LogP contribution in [0.3, 0.4) is 0 Å². The molecule has 0 spiro atoms. The van der Waals surface area contributed by atoms with E-state index in [1.54, 1.807) is 0 Å². The Morgan fingerprint density at radius 2 is 1.55 bits per heavy atom. The molecular weight excluding hydrogens is 282 g/mol. The van der Waals surface area contributed by atoms with Crippen molar-refractivity contribution in [1.29, 1.82) is 0 Å². The highest BCUT2D eigenvalue weighted by atomic mass is 19.1. The number of hydrogen-bond donors (Lipinski definition) is 0. The predicted octanol–water partition coefficient (Wildman–Crippen LogP) is 3.31. The number of likely N-dealkylation sites (N-methyl/N-ethyl adjacent to an activating group) is 1. The van der Waals surface area contributed by atoms with Crippen LogP contribution in [-0.2, 0) is 6.42 Å². The molecule has 3 rings (SSSR count). The van der Waals surface area contributed by atoms with Gasteiger partial charge in [-0.05, 0) is 42.8 Å². The molecule has 1 aliphatic rings. The highest BCUT2D eigenvalue weighted by Gasteiger charge is 2.17. The van der Waals surface area contributed by atoms with Crippen LogP contribution in [0.4, 0.5) is 14.5 Å². The Morgan fingerprint density at radius 3 is 2.23 bits per heavy atom. The van der Waals surface area contributed by atoms with Crippen molar-refractivity contribution in [3.05, 3.63) is 65.2 Å². The van der Waals surface area contributed by atoms with E-state index in [1.807, 2.05) is 18.2 Å². The van der Waals surface area contributed by atoms with Crippen molar-refractivity contribution in [3.8, 4) is 0 Å². The average Bonchev–Trinajstić information content (AvgIpc) is 2.48. The zero-order valence-corrected chi connectivity index (χ0v) is 12.7. The van der Waals surface area contributed by atoms with E-state index in [0.29, 0.717) is 12.0 Å². The minimum Gasteiger partial charge on any atom is -0.369 e. The first-order valence-electron chi connectivity index (χ1n) is 7.58. The van der Waals surface area contributed by atoms with Crippen molar-refractivity contribution < 1.29 is 8.78 Å². The molecule has 2 nitrogen and oxygen atoms in total. The normalized spacial score (nSPS) is 16.0. The number of halogens is 2. The zero-order chi connectivity index (χ0) is 15.5. The van der Waals surface area contributed by atoms with Crippen molar-refractivity contribution in [1.82, 2.24) is 4.90 Å². The summed E-state index contributed by atoms with van der Waals surface area (Å²) in [5, 5.41) is 0.